The molecular weight excluding hydrogens is 334 g/mol. The molecular formula is C15H12BrN3O2. The molecule has 21 heavy (non-hydrogen) atoms. The van der Waals surface area contributed by atoms with Gasteiger partial charge >= 0.3 is 0 Å². The first-order valence-electron chi connectivity index (χ1n) is 6.27. The van der Waals surface area contributed by atoms with Crippen molar-refractivity contribution in [1.82, 2.24) is 10.1 Å². The summed E-state index contributed by atoms with van der Waals surface area (Å²) in [6.07, 6.45) is 0. The van der Waals surface area contributed by atoms with Crippen LogP contribution in [0.3, 0.4) is 0 Å². The largest absolute Gasteiger partial charge is 0.484 e. The third-order valence-corrected chi connectivity index (χ3v) is 3.26. The lowest BCUT2D eigenvalue weighted by Gasteiger charge is -2.03. The van der Waals surface area contributed by atoms with Crippen molar-refractivity contribution in [2.75, 3.05) is 5.73 Å². The molecule has 0 radical (unpaired) electrons. The van der Waals surface area contributed by atoms with Crippen molar-refractivity contribution in [3.63, 3.8) is 0 Å². The fraction of sp³-hybridized carbons (Fsp3) is 0.0667. The Morgan fingerprint density at radius 1 is 1.14 bits per heavy atom. The molecule has 1 aromatic heterocycles. The molecule has 106 valence electrons. The molecule has 0 unspecified atom stereocenters. The van der Waals surface area contributed by atoms with Crippen LogP contribution in [0.5, 0.6) is 5.75 Å². The van der Waals surface area contributed by atoms with Crippen molar-refractivity contribution < 1.29 is 9.26 Å². The summed E-state index contributed by atoms with van der Waals surface area (Å²) in [7, 11) is 0. The van der Waals surface area contributed by atoms with E-state index in [1.165, 1.54) is 0 Å². The molecule has 0 aliphatic carbocycles. The summed E-state index contributed by atoms with van der Waals surface area (Å²) in [4.78, 5) is 4.30. The van der Waals surface area contributed by atoms with Gasteiger partial charge in [0, 0.05) is 21.8 Å². The van der Waals surface area contributed by atoms with Crippen LogP contribution in [0, 0.1) is 0 Å². The maximum atomic E-state index is 5.69. The van der Waals surface area contributed by atoms with Crippen molar-refractivity contribution in [3.05, 3.63) is 58.9 Å². The second-order valence-corrected chi connectivity index (χ2v) is 5.30. The Labute approximate surface area is 129 Å². The van der Waals surface area contributed by atoms with E-state index in [-0.39, 0.29) is 6.61 Å². The quantitative estimate of drug-likeness (QED) is 0.730. The van der Waals surface area contributed by atoms with Gasteiger partial charge in [-0.3, -0.25) is 0 Å². The Kier molecular flexibility index (Phi) is 3.87. The minimum absolute atomic E-state index is 0.199. The highest BCUT2D eigenvalue weighted by atomic mass is 79.9. The van der Waals surface area contributed by atoms with Gasteiger partial charge in [-0.05, 0) is 24.3 Å². The number of nitrogen functional groups attached to an aromatic ring is 1. The summed E-state index contributed by atoms with van der Waals surface area (Å²) < 4.78 is 11.7. The lowest BCUT2D eigenvalue weighted by molar-refractivity contribution is 0.243. The van der Waals surface area contributed by atoms with E-state index in [0.717, 1.165) is 10.0 Å². The van der Waals surface area contributed by atoms with Crippen LogP contribution in [0.15, 0.2) is 57.5 Å². The third-order valence-electron chi connectivity index (χ3n) is 2.77. The number of rotatable bonds is 4. The summed E-state index contributed by atoms with van der Waals surface area (Å²) in [5.41, 5.74) is 7.21. The number of aromatic nitrogens is 2. The summed E-state index contributed by atoms with van der Waals surface area (Å²) in [6, 6.07) is 14.9. The van der Waals surface area contributed by atoms with Gasteiger partial charge in [0.05, 0.1) is 0 Å². The van der Waals surface area contributed by atoms with E-state index in [9.17, 15) is 0 Å². The molecule has 6 heteroatoms. The van der Waals surface area contributed by atoms with Crippen molar-refractivity contribution in [3.8, 4) is 17.1 Å². The number of benzene rings is 2. The molecule has 0 aliphatic heterocycles. The van der Waals surface area contributed by atoms with E-state index in [1.54, 1.807) is 12.1 Å². The maximum absolute atomic E-state index is 5.69. The second-order valence-electron chi connectivity index (χ2n) is 4.38. The average molecular weight is 346 g/mol. The smallest absolute Gasteiger partial charge is 0.264 e. The minimum Gasteiger partial charge on any atom is -0.484 e. The molecule has 3 aromatic rings. The van der Waals surface area contributed by atoms with Crippen LogP contribution in [0.4, 0.5) is 5.69 Å². The summed E-state index contributed by atoms with van der Waals surface area (Å²) in [5, 5.41) is 3.95. The zero-order chi connectivity index (χ0) is 14.7. The fourth-order valence-corrected chi connectivity index (χ4v) is 2.21. The highest BCUT2D eigenvalue weighted by Gasteiger charge is 2.09. The van der Waals surface area contributed by atoms with Gasteiger partial charge in [-0.1, -0.05) is 39.3 Å². The molecule has 3 rings (SSSR count). The maximum Gasteiger partial charge on any atom is 0.264 e. The van der Waals surface area contributed by atoms with Crippen LogP contribution in [0.1, 0.15) is 5.89 Å². The third kappa shape index (κ3) is 3.41. The fourth-order valence-electron chi connectivity index (χ4n) is 1.81. The molecule has 0 saturated carbocycles. The van der Waals surface area contributed by atoms with Gasteiger partial charge in [0.25, 0.3) is 5.89 Å². The first-order chi connectivity index (χ1) is 10.2. The Bertz CT molecular complexity index is 758. The first kappa shape index (κ1) is 13.6. The van der Waals surface area contributed by atoms with E-state index in [4.69, 9.17) is 15.0 Å². The van der Waals surface area contributed by atoms with Gasteiger partial charge in [0.1, 0.15) is 5.75 Å². The van der Waals surface area contributed by atoms with Crippen molar-refractivity contribution in [1.29, 1.82) is 0 Å². The van der Waals surface area contributed by atoms with Crippen molar-refractivity contribution in [2.45, 2.75) is 6.61 Å². The Morgan fingerprint density at radius 2 is 2.00 bits per heavy atom. The first-order valence-corrected chi connectivity index (χ1v) is 7.07. The number of halogens is 1. The number of nitrogens with zero attached hydrogens (tertiary/aromatic N) is 2. The van der Waals surface area contributed by atoms with Crippen LogP contribution in [-0.4, -0.2) is 10.1 Å². The minimum atomic E-state index is 0.199. The molecule has 1 heterocycles. The number of anilines is 1. The highest BCUT2D eigenvalue weighted by molar-refractivity contribution is 9.10. The molecule has 0 bridgehead atoms. The van der Waals surface area contributed by atoms with E-state index in [0.29, 0.717) is 23.2 Å². The molecule has 5 nitrogen and oxygen atoms in total. The highest BCUT2D eigenvalue weighted by Crippen LogP contribution is 2.21. The number of ether oxygens (including phenoxy) is 1. The Hall–Kier alpha value is -2.34. The SMILES string of the molecule is Nc1cccc(OCc2nc(-c3cccc(Br)c3)no2)c1. The molecule has 2 N–H and O–H groups in total. The predicted molar refractivity (Wildman–Crippen MR) is 82.6 cm³/mol. The van der Waals surface area contributed by atoms with Crippen LogP contribution >= 0.6 is 15.9 Å². The molecule has 0 atom stereocenters. The van der Waals surface area contributed by atoms with Crippen LogP contribution in [0.25, 0.3) is 11.4 Å². The zero-order valence-corrected chi connectivity index (χ0v) is 12.6. The lowest BCUT2D eigenvalue weighted by Crippen LogP contribution is -1.96. The van der Waals surface area contributed by atoms with Gasteiger partial charge in [0.15, 0.2) is 6.61 Å². The number of hydrogen-bond acceptors (Lipinski definition) is 5. The average Bonchev–Trinajstić information content (AvgIpc) is 2.94. The Morgan fingerprint density at radius 3 is 2.81 bits per heavy atom. The van der Waals surface area contributed by atoms with Gasteiger partial charge in [-0.2, -0.15) is 4.98 Å². The monoisotopic (exact) mass is 345 g/mol. The van der Waals surface area contributed by atoms with Crippen LogP contribution in [0.2, 0.25) is 0 Å². The lowest BCUT2D eigenvalue weighted by atomic mass is 10.2. The van der Waals surface area contributed by atoms with Gasteiger partial charge in [-0.15, -0.1) is 0 Å². The molecule has 0 spiro atoms. The van der Waals surface area contributed by atoms with E-state index < -0.39 is 0 Å². The second kappa shape index (κ2) is 5.97. The molecule has 0 fully saturated rings. The van der Waals surface area contributed by atoms with Gasteiger partial charge in [0.2, 0.25) is 5.82 Å². The molecule has 0 saturated heterocycles. The van der Waals surface area contributed by atoms with Crippen molar-refractivity contribution in [2.24, 2.45) is 0 Å². The zero-order valence-electron chi connectivity index (χ0n) is 11.0. The summed E-state index contributed by atoms with van der Waals surface area (Å²) in [5.74, 6) is 1.60. The predicted octanol–water partition coefficient (Wildman–Crippen LogP) is 3.66. The Balaban J connectivity index is 1.71. The standard InChI is InChI=1S/C15H12BrN3O2/c16-11-4-1-3-10(7-11)15-18-14(21-19-15)9-20-13-6-2-5-12(17)8-13/h1-8H,9,17H2. The molecule has 0 aliphatic rings. The van der Waals surface area contributed by atoms with Gasteiger partial charge < -0.3 is 15.0 Å². The summed E-state index contributed by atoms with van der Waals surface area (Å²) in [6.45, 7) is 0.199. The molecule has 2 aromatic carbocycles. The molecule has 0 amide bonds. The van der Waals surface area contributed by atoms with E-state index >= 15 is 0 Å². The summed E-state index contributed by atoms with van der Waals surface area (Å²) >= 11 is 3.41. The normalized spacial score (nSPS) is 10.5. The van der Waals surface area contributed by atoms with Crippen molar-refractivity contribution >= 4 is 21.6 Å². The number of nitrogens with two attached hydrogens (primary N) is 1. The van der Waals surface area contributed by atoms with Crippen LogP contribution in [-0.2, 0) is 6.61 Å². The number of hydrogen-bond donors (Lipinski definition) is 1. The topological polar surface area (TPSA) is 74.2 Å². The van der Waals surface area contributed by atoms with Crippen LogP contribution < -0.4 is 10.5 Å². The van der Waals surface area contributed by atoms with E-state index in [1.807, 2.05) is 36.4 Å². The van der Waals surface area contributed by atoms with Gasteiger partial charge in [-0.25, -0.2) is 0 Å². The van der Waals surface area contributed by atoms with E-state index in [2.05, 4.69) is 26.1 Å².